The van der Waals surface area contributed by atoms with Gasteiger partial charge >= 0.3 is 17.9 Å². The van der Waals surface area contributed by atoms with E-state index in [0.29, 0.717) is 19.3 Å². The van der Waals surface area contributed by atoms with Gasteiger partial charge in [0.15, 0.2) is 6.10 Å². The van der Waals surface area contributed by atoms with Crippen molar-refractivity contribution in [3.05, 3.63) is 12.2 Å². The Bertz CT molecular complexity index is 1130. The molecule has 0 rings (SSSR count). The number of ether oxygens (including phenoxy) is 3. The first-order chi connectivity index (χ1) is 36.0. The molecule has 0 saturated carbocycles. The third kappa shape index (κ3) is 60.9. The Morgan fingerprint density at radius 2 is 0.452 bits per heavy atom. The second-order valence-corrected chi connectivity index (χ2v) is 22.7. The van der Waals surface area contributed by atoms with E-state index in [1.54, 1.807) is 0 Å². The zero-order chi connectivity index (χ0) is 52.9. The van der Waals surface area contributed by atoms with Crippen LogP contribution in [-0.4, -0.2) is 37.2 Å². The average Bonchev–Trinajstić information content (AvgIpc) is 3.39. The Kier molecular flexibility index (Phi) is 61.1. The molecule has 0 aliphatic carbocycles. The zero-order valence-corrected chi connectivity index (χ0v) is 49.7. The average molecular weight is 1030 g/mol. The standard InChI is InChI=1S/C67H128O6/c1-4-7-10-13-16-18-20-22-24-26-27-28-29-30-31-32-33-34-35-36-37-38-39-40-41-43-44-46-48-51-54-57-60-66(69)72-63-64(62-71-65(68)59-56-53-50-15-12-9-6-3)73-67(70)61-58-55-52-49-47-45-42-25-23-21-19-17-14-11-8-5-2/h25,42,64H,4-24,26-41,43-63H2,1-3H3/b42-25-. The monoisotopic (exact) mass is 1030 g/mol. The van der Waals surface area contributed by atoms with Gasteiger partial charge in [-0.3, -0.25) is 14.4 Å². The van der Waals surface area contributed by atoms with Gasteiger partial charge in [-0.1, -0.05) is 328 Å². The lowest BCUT2D eigenvalue weighted by Gasteiger charge is -2.18. The molecule has 1 unspecified atom stereocenters. The first-order valence-electron chi connectivity index (χ1n) is 33.2. The Hall–Kier alpha value is -1.85. The van der Waals surface area contributed by atoms with Gasteiger partial charge in [0.1, 0.15) is 13.2 Å². The summed E-state index contributed by atoms with van der Waals surface area (Å²) in [4.78, 5) is 38.0. The lowest BCUT2D eigenvalue weighted by molar-refractivity contribution is -0.167. The fraction of sp³-hybridized carbons (Fsp3) is 0.925. The van der Waals surface area contributed by atoms with Gasteiger partial charge in [-0.15, -0.1) is 0 Å². The minimum Gasteiger partial charge on any atom is -0.462 e. The SMILES string of the molecule is CCCCCCCCC/C=C\CCCCCCCC(=O)OC(COC(=O)CCCCCCCCC)COC(=O)CCCCCCCCCCCCCCCCCCCCCCCCCCCCCCCCCC. The van der Waals surface area contributed by atoms with Crippen LogP contribution in [0, 0.1) is 0 Å². The van der Waals surface area contributed by atoms with Crippen LogP contribution in [0.1, 0.15) is 380 Å². The topological polar surface area (TPSA) is 78.9 Å². The first-order valence-corrected chi connectivity index (χ1v) is 33.2. The number of hydrogen-bond donors (Lipinski definition) is 0. The third-order valence-electron chi connectivity index (χ3n) is 15.3. The molecule has 0 aromatic heterocycles. The molecule has 0 N–H and O–H groups in total. The molecule has 6 heteroatoms. The maximum absolute atomic E-state index is 12.8. The summed E-state index contributed by atoms with van der Waals surface area (Å²) in [6, 6.07) is 0. The van der Waals surface area contributed by atoms with Crippen molar-refractivity contribution >= 4 is 17.9 Å². The smallest absolute Gasteiger partial charge is 0.306 e. The van der Waals surface area contributed by atoms with Crippen molar-refractivity contribution in [1.82, 2.24) is 0 Å². The molecule has 0 aromatic carbocycles. The second kappa shape index (κ2) is 62.7. The summed E-state index contributed by atoms with van der Waals surface area (Å²) in [5.41, 5.74) is 0. The van der Waals surface area contributed by atoms with E-state index in [4.69, 9.17) is 14.2 Å². The molecule has 0 heterocycles. The Morgan fingerprint density at radius 3 is 0.685 bits per heavy atom. The summed E-state index contributed by atoms with van der Waals surface area (Å²) < 4.78 is 16.8. The Balaban J connectivity index is 3.94. The number of unbranched alkanes of at least 4 members (excludes halogenated alkanes) is 49. The highest BCUT2D eigenvalue weighted by Gasteiger charge is 2.19. The van der Waals surface area contributed by atoms with Crippen LogP contribution in [0.25, 0.3) is 0 Å². The van der Waals surface area contributed by atoms with E-state index >= 15 is 0 Å². The summed E-state index contributed by atoms with van der Waals surface area (Å²) in [5, 5.41) is 0. The van der Waals surface area contributed by atoms with Gasteiger partial charge in [0.05, 0.1) is 0 Å². The van der Waals surface area contributed by atoms with Gasteiger partial charge in [0.25, 0.3) is 0 Å². The Labute approximate surface area is 456 Å². The number of esters is 3. The molecule has 0 aliphatic rings. The van der Waals surface area contributed by atoms with Crippen molar-refractivity contribution < 1.29 is 28.6 Å². The number of rotatable bonds is 62. The molecule has 0 aromatic rings. The molecule has 0 fully saturated rings. The molecule has 0 radical (unpaired) electrons. The quantitative estimate of drug-likeness (QED) is 0.0261. The minimum atomic E-state index is -0.768. The van der Waals surface area contributed by atoms with Crippen molar-refractivity contribution in [2.75, 3.05) is 13.2 Å². The molecule has 0 amide bonds. The minimum absolute atomic E-state index is 0.0681. The molecule has 0 aliphatic heterocycles. The van der Waals surface area contributed by atoms with Crippen molar-refractivity contribution in [2.24, 2.45) is 0 Å². The van der Waals surface area contributed by atoms with E-state index in [-0.39, 0.29) is 31.1 Å². The predicted molar refractivity (Wildman–Crippen MR) is 317 cm³/mol. The van der Waals surface area contributed by atoms with Crippen LogP contribution in [0.5, 0.6) is 0 Å². The van der Waals surface area contributed by atoms with Gasteiger partial charge in [-0.25, -0.2) is 0 Å². The van der Waals surface area contributed by atoms with Crippen molar-refractivity contribution in [2.45, 2.75) is 386 Å². The number of allylic oxidation sites excluding steroid dienone is 2. The van der Waals surface area contributed by atoms with E-state index < -0.39 is 6.10 Å². The van der Waals surface area contributed by atoms with E-state index in [1.165, 1.54) is 276 Å². The summed E-state index contributed by atoms with van der Waals surface area (Å²) in [6.07, 6.45) is 74.2. The maximum Gasteiger partial charge on any atom is 0.306 e. The number of carbonyl (C=O) groups is 3. The van der Waals surface area contributed by atoms with Crippen LogP contribution < -0.4 is 0 Å². The number of carbonyl (C=O) groups excluding carboxylic acids is 3. The van der Waals surface area contributed by atoms with Crippen LogP contribution >= 0.6 is 0 Å². The highest BCUT2D eigenvalue weighted by Crippen LogP contribution is 2.19. The Morgan fingerprint density at radius 1 is 0.260 bits per heavy atom. The molecular weight excluding hydrogens is 901 g/mol. The predicted octanol–water partition coefficient (Wildman–Crippen LogP) is 22.4. The van der Waals surface area contributed by atoms with Gasteiger partial charge in [0.2, 0.25) is 0 Å². The fourth-order valence-corrected chi connectivity index (χ4v) is 10.3. The van der Waals surface area contributed by atoms with Crippen LogP contribution in [0.2, 0.25) is 0 Å². The van der Waals surface area contributed by atoms with Crippen molar-refractivity contribution in [1.29, 1.82) is 0 Å². The first kappa shape index (κ1) is 71.2. The summed E-state index contributed by atoms with van der Waals surface area (Å²) in [5.74, 6) is -0.859. The number of hydrogen-bond acceptors (Lipinski definition) is 6. The fourth-order valence-electron chi connectivity index (χ4n) is 10.3. The van der Waals surface area contributed by atoms with E-state index in [9.17, 15) is 14.4 Å². The second-order valence-electron chi connectivity index (χ2n) is 22.7. The van der Waals surface area contributed by atoms with Gasteiger partial charge in [0, 0.05) is 19.3 Å². The van der Waals surface area contributed by atoms with Crippen LogP contribution in [0.3, 0.4) is 0 Å². The summed E-state index contributed by atoms with van der Waals surface area (Å²) in [7, 11) is 0. The van der Waals surface area contributed by atoms with Gasteiger partial charge in [-0.05, 0) is 44.9 Å². The lowest BCUT2D eigenvalue weighted by atomic mass is 10.0. The largest absolute Gasteiger partial charge is 0.462 e. The van der Waals surface area contributed by atoms with Gasteiger partial charge in [-0.2, -0.15) is 0 Å². The van der Waals surface area contributed by atoms with E-state index in [0.717, 1.165) is 64.2 Å². The molecule has 1 atom stereocenters. The summed E-state index contributed by atoms with van der Waals surface area (Å²) >= 11 is 0. The highest BCUT2D eigenvalue weighted by atomic mass is 16.6. The normalized spacial score (nSPS) is 12.0. The molecule has 0 saturated heterocycles. The van der Waals surface area contributed by atoms with Crippen LogP contribution in [0.4, 0.5) is 0 Å². The molecular formula is C67H128O6. The van der Waals surface area contributed by atoms with E-state index in [2.05, 4.69) is 32.9 Å². The highest BCUT2D eigenvalue weighted by molar-refractivity contribution is 5.71. The zero-order valence-electron chi connectivity index (χ0n) is 49.7. The molecule has 73 heavy (non-hydrogen) atoms. The van der Waals surface area contributed by atoms with Crippen LogP contribution in [-0.2, 0) is 28.6 Å². The molecule has 0 bridgehead atoms. The van der Waals surface area contributed by atoms with E-state index in [1.807, 2.05) is 0 Å². The molecule has 6 nitrogen and oxygen atoms in total. The summed E-state index contributed by atoms with van der Waals surface area (Å²) in [6.45, 7) is 6.65. The van der Waals surface area contributed by atoms with Gasteiger partial charge < -0.3 is 14.2 Å². The van der Waals surface area contributed by atoms with Crippen molar-refractivity contribution in [3.8, 4) is 0 Å². The maximum atomic E-state index is 12.8. The molecule has 0 spiro atoms. The lowest BCUT2D eigenvalue weighted by Crippen LogP contribution is -2.30. The molecule has 432 valence electrons. The van der Waals surface area contributed by atoms with Crippen molar-refractivity contribution in [3.63, 3.8) is 0 Å². The van der Waals surface area contributed by atoms with Crippen LogP contribution in [0.15, 0.2) is 12.2 Å². The third-order valence-corrected chi connectivity index (χ3v) is 15.3.